The first-order chi connectivity index (χ1) is 21.6. The Morgan fingerprint density at radius 2 is 1.67 bits per heavy atom. The highest BCUT2D eigenvalue weighted by molar-refractivity contribution is 6.12. The number of aromatic hydroxyl groups is 1. The molecule has 0 fully saturated rings. The first-order valence-electron chi connectivity index (χ1n) is 14.3. The van der Waals surface area contributed by atoms with E-state index < -0.39 is 17.3 Å². The first-order valence-corrected chi connectivity index (χ1v) is 14.3. The van der Waals surface area contributed by atoms with Crippen molar-refractivity contribution in [2.24, 2.45) is 0 Å². The third kappa shape index (κ3) is 4.27. The highest BCUT2D eigenvalue weighted by Crippen LogP contribution is 2.62. The van der Waals surface area contributed by atoms with E-state index in [1.807, 2.05) is 50.3 Å². The molecular weight excluding hydrogens is 576 g/mol. The molecule has 232 valence electrons. The molecule has 1 aromatic heterocycles. The molecule has 10 heteroatoms. The van der Waals surface area contributed by atoms with E-state index in [1.165, 1.54) is 34.5 Å². The lowest BCUT2D eigenvalue weighted by molar-refractivity contribution is 0.0966. The Hall–Kier alpha value is -5.22. The number of rotatable bonds is 8. The number of aliphatic hydroxyl groups excluding tert-OH is 1. The number of aliphatic hydroxyl groups is 1. The molecule has 0 saturated heterocycles. The standard InChI is InChI=1S/C35H34N2O8/c1-18-29(39)27(23(38)15-13-20-14-16-24(41-4)32(44-7)31(20)43-6)33-28(30(18)42-5)35(3)25(45-33)17-22-26(34(35)40)19(2)36-37(22)21-11-9-8-10-12-21/h8-17,34,39-40H,1-7H3/b15-13+/t34-,35+/m1/s1. The summed E-state index contributed by atoms with van der Waals surface area (Å²) in [5, 5.41) is 28.2. The summed E-state index contributed by atoms with van der Waals surface area (Å²) in [5.74, 6) is 1.28. The normalized spacial score (nSPS) is 18.0. The average molecular weight is 611 g/mol. The number of phenolic OH excluding ortho intramolecular Hbond substituents is 1. The van der Waals surface area contributed by atoms with E-state index in [0.717, 1.165) is 5.69 Å². The van der Waals surface area contributed by atoms with E-state index in [2.05, 4.69) is 0 Å². The van der Waals surface area contributed by atoms with E-state index in [9.17, 15) is 15.0 Å². The van der Waals surface area contributed by atoms with Crippen molar-refractivity contribution in [2.75, 3.05) is 28.4 Å². The molecule has 0 spiro atoms. The number of fused-ring (bicyclic) bond motifs is 4. The summed E-state index contributed by atoms with van der Waals surface area (Å²) in [4.78, 5) is 13.9. The summed E-state index contributed by atoms with van der Waals surface area (Å²) < 4.78 is 30.4. The van der Waals surface area contributed by atoms with Gasteiger partial charge in [0.05, 0.1) is 62.6 Å². The number of hydrogen-bond donors (Lipinski definition) is 2. The molecule has 0 radical (unpaired) electrons. The smallest absolute Gasteiger partial charge is 0.203 e. The van der Waals surface area contributed by atoms with Crippen LogP contribution in [0.1, 0.15) is 57.0 Å². The van der Waals surface area contributed by atoms with Crippen LogP contribution in [0.15, 0.2) is 54.3 Å². The van der Waals surface area contributed by atoms with E-state index in [4.69, 9.17) is 28.8 Å². The Balaban J connectivity index is 1.50. The molecule has 2 N–H and O–H groups in total. The Bertz CT molecular complexity index is 1910. The number of hydrogen-bond acceptors (Lipinski definition) is 9. The Labute approximate surface area is 260 Å². The van der Waals surface area contributed by atoms with Gasteiger partial charge in [0.25, 0.3) is 0 Å². The Kier molecular flexibility index (Phi) is 7.33. The molecule has 45 heavy (non-hydrogen) atoms. The van der Waals surface area contributed by atoms with Crippen molar-refractivity contribution >= 4 is 17.9 Å². The van der Waals surface area contributed by atoms with Gasteiger partial charge in [-0.1, -0.05) is 18.2 Å². The van der Waals surface area contributed by atoms with Gasteiger partial charge in [-0.25, -0.2) is 4.68 Å². The summed E-state index contributed by atoms with van der Waals surface area (Å²) in [6, 6.07) is 13.0. The number of methoxy groups -OCH3 is 4. The molecule has 2 heterocycles. The summed E-state index contributed by atoms with van der Waals surface area (Å²) in [7, 11) is 6.00. The minimum absolute atomic E-state index is 0.0480. The van der Waals surface area contributed by atoms with Crippen LogP contribution in [0, 0.1) is 13.8 Å². The number of benzene rings is 3. The number of carbonyl (C=O) groups is 1. The number of phenols is 1. The van der Waals surface area contributed by atoms with Gasteiger partial charge in [0.2, 0.25) is 5.75 Å². The fourth-order valence-corrected chi connectivity index (χ4v) is 6.38. The second-order valence-electron chi connectivity index (χ2n) is 11.1. The zero-order valence-corrected chi connectivity index (χ0v) is 26.1. The van der Waals surface area contributed by atoms with Crippen LogP contribution in [0.2, 0.25) is 0 Å². The van der Waals surface area contributed by atoms with Gasteiger partial charge < -0.3 is 33.9 Å². The molecule has 2 aliphatic rings. The van der Waals surface area contributed by atoms with Gasteiger partial charge in [0.15, 0.2) is 17.3 Å². The molecule has 2 atom stereocenters. The third-order valence-electron chi connectivity index (χ3n) is 8.69. The molecule has 0 amide bonds. The van der Waals surface area contributed by atoms with Crippen molar-refractivity contribution in [3.8, 4) is 40.2 Å². The number of ketones is 1. The predicted octanol–water partition coefficient (Wildman–Crippen LogP) is 5.86. The van der Waals surface area contributed by atoms with Crippen LogP contribution in [-0.2, 0) is 5.41 Å². The van der Waals surface area contributed by atoms with Gasteiger partial charge in [-0.05, 0) is 57.2 Å². The quantitative estimate of drug-likeness (QED) is 0.187. The topological polar surface area (TPSA) is 122 Å². The molecule has 4 aromatic rings. The lowest BCUT2D eigenvalue weighted by atomic mass is 9.70. The van der Waals surface area contributed by atoms with Crippen molar-refractivity contribution in [1.82, 2.24) is 9.78 Å². The Morgan fingerprint density at radius 3 is 2.31 bits per heavy atom. The average Bonchev–Trinajstić information content (AvgIpc) is 3.54. The van der Waals surface area contributed by atoms with Crippen LogP contribution in [-0.4, -0.2) is 54.2 Å². The number of allylic oxidation sites excluding steroid dienone is 1. The minimum atomic E-state index is -1.15. The van der Waals surface area contributed by atoms with Crippen LogP contribution in [0.3, 0.4) is 0 Å². The van der Waals surface area contributed by atoms with Crippen molar-refractivity contribution in [3.63, 3.8) is 0 Å². The summed E-state index contributed by atoms with van der Waals surface area (Å²) in [6.07, 6.45) is 3.63. The molecule has 1 aliphatic heterocycles. The van der Waals surface area contributed by atoms with Crippen LogP contribution >= 0.6 is 0 Å². The van der Waals surface area contributed by atoms with E-state index in [1.54, 1.807) is 29.8 Å². The van der Waals surface area contributed by atoms with Gasteiger partial charge in [0.1, 0.15) is 28.6 Å². The summed E-state index contributed by atoms with van der Waals surface area (Å²) >= 11 is 0. The zero-order chi connectivity index (χ0) is 32.2. The molecule has 0 unspecified atom stereocenters. The van der Waals surface area contributed by atoms with Crippen LogP contribution in [0.4, 0.5) is 0 Å². The van der Waals surface area contributed by atoms with E-state index in [0.29, 0.717) is 62.4 Å². The fraction of sp³-hybridized carbons (Fsp3) is 0.257. The molecular formula is C35H34N2O8. The maximum absolute atomic E-state index is 13.9. The van der Waals surface area contributed by atoms with Gasteiger partial charge in [-0.15, -0.1) is 0 Å². The van der Waals surface area contributed by atoms with Crippen LogP contribution in [0.5, 0.6) is 34.5 Å². The van der Waals surface area contributed by atoms with Crippen molar-refractivity contribution < 1.29 is 38.7 Å². The largest absolute Gasteiger partial charge is 0.507 e. The van der Waals surface area contributed by atoms with Crippen LogP contribution in [0.25, 0.3) is 17.8 Å². The SMILES string of the molecule is COc1ccc(/C=C/C(=O)c2c(O)c(C)c(OC)c3c2OC2=Cc4c(c(C)nn4-c4ccccc4)[C@@H](O)[C@@]23C)c(OC)c1OC. The summed E-state index contributed by atoms with van der Waals surface area (Å²) in [6.45, 7) is 5.35. The van der Waals surface area contributed by atoms with Crippen molar-refractivity contribution in [3.05, 3.63) is 93.5 Å². The zero-order valence-electron chi connectivity index (χ0n) is 26.1. The highest BCUT2D eigenvalue weighted by atomic mass is 16.5. The molecule has 10 nitrogen and oxygen atoms in total. The third-order valence-corrected chi connectivity index (χ3v) is 8.69. The lowest BCUT2D eigenvalue weighted by Gasteiger charge is -2.34. The lowest BCUT2D eigenvalue weighted by Crippen LogP contribution is -2.34. The number of aryl methyl sites for hydroxylation is 1. The molecule has 0 bridgehead atoms. The molecule has 3 aromatic carbocycles. The van der Waals surface area contributed by atoms with Crippen molar-refractivity contribution in [1.29, 1.82) is 0 Å². The highest BCUT2D eigenvalue weighted by Gasteiger charge is 2.55. The van der Waals surface area contributed by atoms with Gasteiger partial charge >= 0.3 is 0 Å². The number of carbonyl (C=O) groups excluding carboxylic acids is 1. The monoisotopic (exact) mass is 610 g/mol. The molecule has 1 aliphatic carbocycles. The molecule has 6 rings (SSSR count). The maximum Gasteiger partial charge on any atom is 0.203 e. The minimum Gasteiger partial charge on any atom is -0.507 e. The van der Waals surface area contributed by atoms with Crippen molar-refractivity contribution in [2.45, 2.75) is 32.3 Å². The van der Waals surface area contributed by atoms with Gasteiger partial charge in [-0.2, -0.15) is 5.10 Å². The number of ether oxygens (including phenoxy) is 5. The van der Waals surface area contributed by atoms with Gasteiger partial charge in [0, 0.05) is 22.8 Å². The second-order valence-corrected chi connectivity index (χ2v) is 11.1. The van der Waals surface area contributed by atoms with Crippen LogP contribution < -0.4 is 23.7 Å². The summed E-state index contributed by atoms with van der Waals surface area (Å²) in [5.41, 5.74) is 2.96. The maximum atomic E-state index is 13.9. The Morgan fingerprint density at radius 1 is 0.978 bits per heavy atom. The number of nitrogens with zero attached hydrogens (tertiary/aromatic N) is 2. The second kappa shape index (κ2) is 11.0. The predicted molar refractivity (Wildman–Crippen MR) is 168 cm³/mol. The van der Waals surface area contributed by atoms with E-state index >= 15 is 0 Å². The van der Waals surface area contributed by atoms with Gasteiger partial charge in [-0.3, -0.25) is 4.79 Å². The number of para-hydroxylation sites is 1. The molecule has 0 saturated carbocycles. The van der Waals surface area contributed by atoms with E-state index in [-0.39, 0.29) is 17.1 Å². The fourth-order valence-electron chi connectivity index (χ4n) is 6.38. The first kappa shape index (κ1) is 29.8. The number of aromatic nitrogens is 2.